The number of halogens is 2. The Morgan fingerprint density at radius 1 is 0.724 bits per heavy atom. The van der Waals surface area contributed by atoms with Gasteiger partial charge in [-0.3, -0.25) is 4.79 Å². The average Bonchev–Trinajstić information content (AvgIpc) is 2.72. The van der Waals surface area contributed by atoms with Crippen LogP contribution in [-0.2, 0) is 0 Å². The van der Waals surface area contributed by atoms with Crippen molar-refractivity contribution in [3.8, 4) is 0 Å². The summed E-state index contributed by atoms with van der Waals surface area (Å²) in [4.78, 5) is 11.9. The highest BCUT2D eigenvalue weighted by atomic mass is 19.1. The standard InChI is InChI=1S/C25H41F2NO/c1-2-3-4-5-6-7-8-9-10-11-12-13-14-15-16-17-20-28-25(29)23-21-22(26)18-19-24(23)27/h18-19,21H,2-17,20H2,1H3,(H,28,29). The molecule has 2 nitrogen and oxygen atoms in total. The first-order chi connectivity index (χ1) is 14.1. The summed E-state index contributed by atoms with van der Waals surface area (Å²) in [6.07, 6.45) is 20.8. The Kier molecular flexibility index (Phi) is 15.4. The zero-order valence-electron chi connectivity index (χ0n) is 18.4. The minimum absolute atomic E-state index is 0.221. The highest BCUT2D eigenvalue weighted by Gasteiger charge is 2.11. The molecule has 1 rings (SSSR count). The maximum Gasteiger partial charge on any atom is 0.254 e. The molecule has 0 aromatic heterocycles. The van der Waals surface area contributed by atoms with Crippen molar-refractivity contribution in [2.75, 3.05) is 6.54 Å². The third-order valence-electron chi connectivity index (χ3n) is 5.49. The number of amides is 1. The monoisotopic (exact) mass is 409 g/mol. The number of carbonyl (C=O) groups is 1. The Hall–Kier alpha value is -1.45. The third kappa shape index (κ3) is 13.4. The van der Waals surface area contributed by atoms with Crippen LogP contribution in [0, 0.1) is 11.6 Å². The molecule has 0 aliphatic rings. The van der Waals surface area contributed by atoms with Crippen LogP contribution in [0.5, 0.6) is 0 Å². The fraction of sp³-hybridized carbons (Fsp3) is 0.720. The van der Waals surface area contributed by atoms with E-state index in [1.807, 2.05) is 0 Å². The van der Waals surface area contributed by atoms with E-state index in [1.54, 1.807) is 0 Å². The van der Waals surface area contributed by atoms with E-state index in [2.05, 4.69) is 12.2 Å². The summed E-state index contributed by atoms with van der Waals surface area (Å²) >= 11 is 0. The molecular weight excluding hydrogens is 368 g/mol. The average molecular weight is 410 g/mol. The summed E-state index contributed by atoms with van der Waals surface area (Å²) in [6, 6.07) is 2.94. The Balaban J connectivity index is 1.84. The molecule has 166 valence electrons. The van der Waals surface area contributed by atoms with Crippen LogP contribution in [0.4, 0.5) is 8.78 Å². The van der Waals surface area contributed by atoms with Crippen molar-refractivity contribution in [3.05, 3.63) is 35.4 Å². The molecule has 1 aromatic rings. The van der Waals surface area contributed by atoms with Gasteiger partial charge in [0.25, 0.3) is 5.91 Å². The van der Waals surface area contributed by atoms with Crippen LogP contribution in [0.3, 0.4) is 0 Å². The van der Waals surface area contributed by atoms with Gasteiger partial charge in [-0.1, -0.05) is 103 Å². The zero-order chi connectivity index (χ0) is 21.2. The molecule has 1 aromatic carbocycles. The second-order valence-corrected chi connectivity index (χ2v) is 8.18. The number of nitrogens with one attached hydrogen (secondary N) is 1. The molecule has 0 unspecified atom stereocenters. The van der Waals surface area contributed by atoms with Crippen LogP contribution in [-0.4, -0.2) is 12.5 Å². The van der Waals surface area contributed by atoms with Gasteiger partial charge in [0.2, 0.25) is 0 Å². The van der Waals surface area contributed by atoms with Crippen molar-refractivity contribution in [1.29, 1.82) is 0 Å². The van der Waals surface area contributed by atoms with Gasteiger partial charge in [0, 0.05) is 6.54 Å². The van der Waals surface area contributed by atoms with Crippen LogP contribution >= 0.6 is 0 Å². The summed E-state index contributed by atoms with van der Waals surface area (Å²) in [6.45, 7) is 2.77. The van der Waals surface area contributed by atoms with Gasteiger partial charge in [-0.25, -0.2) is 8.78 Å². The first kappa shape index (κ1) is 25.6. The van der Waals surface area contributed by atoms with Crippen molar-refractivity contribution in [2.45, 2.75) is 110 Å². The smallest absolute Gasteiger partial charge is 0.254 e. The molecule has 1 amide bonds. The van der Waals surface area contributed by atoms with Gasteiger partial charge in [-0.2, -0.15) is 0 Å². The Labute approximate surface area is 176 Å². The van der Waals surface area contributed by atoms with Gasteiger partial charge in [0.05, 0.1) is 5.56 Å². The van der Waals surface area contributed by atoms with E-state index in [0.717, 1.165) is 31.0 Å². The Bertz CT molecular complexity index is 548. The van der Waals surface area contributed by atoms with Gasteiger partial charge < -0.3 is 5.32 Å². The summed E-state index contributed by atoms with van der Waals surface area (Å²) in [5, 5.41) is 2.67. The van der Waals surface area contributed by atoms with E-state index in [9.17, 15) is 13.6 Å². The van der Waals surface area contributed by atoms with Crippen molar-refractivity contribution < 1.29 is 13.6 Å². The highest BCUT2D eigenvalue weighted by Crippen LogP contribution is 2.14. The molecular formula is C25H41F2NO. The van der Waals surface area contributed by atoms with E-state index < -0.39 is 17.5 Å². The minimum atomic E-state index is -0.684. The summed E-state index contributed by atoms with van der Waals surface area (Å²) in [5.41, 5.74) is -0.221. The predicted molar refractivity (Wildman–Crippen MR) is 118 cm³/mol. The molecule has 0 atom stereocenters. The van der Waals surface area contributed by atoms with Crippen molar-refractivity contribution >= 4 is 5.91 Å². The lowest BCUT2D eigenvalue weighted by Crippen LogP contribution is -2.25. The van der Waals surface area contributed by atoms with E-state index in [-0.39, 0.29) is 5.56 Å². The fourth-order valence-electron chi connectivity index (χ4n) is 3.64. The van der Waals surface area contributed by atoms with Crippen LogP contribution in [0.2, 0.25) is 0 Å². The van der Waals surface area contributed by atoms with E-state index in [4.69, 9.17) is 0 Å². The van der Waals surface area contributed by atoms with E-state index >= 15 is 0 Å². The highest BCUT2D eigenvalue weighted by molar-refractivity contribution is 5.94. The maximum absolute atomic E-state index is 13.5. The fourth-order valence-corrected chi connectivity index (χ4v) is 3.64. The van der Waals surface area contributed by atoms with Crippen molar-refractivity contribution in [1.82, 2.24) is 5.32 Å². The van der Waals surface area contributed by atoms with Gasteiger partial charge in [0.1, 0.15) is 11.6 Å². The van der Waals surface area contributed by atoms with Crippen molar-refractivity contribution in [3.63, 3.8) is 0 Å². The number of hydrogen-bond donors (Lipinski definition) is 1. The normalized spacial score (nSPS) is 11.0. The Morgan fingerprint density at radius 3 is 1.66 bits per heavy atom. The summed E-state index contributed by atoms with van der Waals surface area (Å²) < 4.78 is 26.6. The van der Waals surface area contributed by atoms with Crippen molar-refractivity contribution in [2.24, 2.45) is 0 Å². The van der Waals surface area contributed by atoms with E-state index in [0.29, 0.717) is 6.54 Å². The maximum atomic E-state index is 13.5. The SMILES string of the molecule is CCCCCCCCCCCCCCCCCCNC(=O)c1cc(F)ccc1F. The second-order valence-electron chi connectivity index (χ2n) is 8.18. The molecule has 29 heavy (non-hydrogen) atoms. The van der Waals surface area contributed by atoms with Gasteiger partial charge in [-0.05, 0) is 24.6 Å². The molecule has 0 saturated heterocycles. The first-order valence-electron chi connectivity index (χ1n) is 11.9. The summed E-state index contributed by atoms with van der Waals surface area (Å²) in [5.74, 6) is -1.82. The molecule has 0 aliphatic heterocycles. The number of hydrogen-bond acceptors (Lipinski definition) is 1. The number of rotatable bonds is 18. The largest absolute Gasteiger partial charge is 0.352 e. The topological polar surface area (TPSA) is 29.1 Å². The molecule has 0 radical (unpaired) electrons. The van der Waals surface area contributed by atoms with Crippen LogP contribution in [0.25, 0.3) is 0 Å². The van der Waals surface area contributed by atoms with Crippen LogP contribution in [0.1, 0.15) is 120 Å². The van der Waals surface area contributed by atoms with Gasteiger partial charge >= 0.3 is 0 Å². The van der Waals surface area contributed by atoms with E-state index in [1.165, 1.54) is 89.9 Å². The zero-order valence-corrected chi connectivity index (χ0v) is 18.4. The lowest BCUT2D eigenvalue weighted by atomic mass is 10.0. The minimum Gasteiger partial charge on any atom is -0.352 e. The molecule has 0 heterocycles. The van der Waals surface area contributed by atoms with Gasteiger partial charge in [0.15, 0.2) is 0 Å². The lowest BCUT2D eigenvalue weighted by Gasteiger charge is -2.06. The molecule has 4 heteroatoms. The molecule has 0 spiro atoms. The van der Waals surface area contributed by atoms with Crippen LogP contribution in [0.15, 0.2) is 18.2 Å². The molecule has 0 aliphatic carbocycles. The second kappa shape index (κ2) is 17.4. The number of carbonyl (C=O) groups excluding carboxylic acids is 1. The lowest BCUT2D eigenvalue weighted by molar-refractivity contribution is 0.0948. The Morgan fingerprint density at radius 2 is 1.17 bits per heavy atom. The summed E-state index contributed by atoms with van der Waals surface area (Å²) in [7, 11) is 0. The first-order valence-corrected chi connectivity index (χ1v) is 11.9. The van der Waals surface area contributed by atoms with Crippen LogP contribution < -0.4 is 5.32 Å². The number of unbranched alkanes of at least 4 members (excludes halogenated alkanes) is 15. The third-order valence-corrected chi connectivity index (χ3v) is 5.49. The van der Waals surface area contributed by atoms with Gasteiger partial charge in [-0.15, -0.1) is 0 Å². The molecule has 0 saturated carbocycles. The molecule has 0 fully saturated rings. The predicted octanol–water partition coefficient (Wildman–Crippen LogP) is 7.96. The quantitative estimate of drug-likeness (QED) is 0.245. The molecule has 0 bridgehead atoms. The molecule has 1 N–H and O–H groups in total. The number of benzene rings is 1.